The molecule has 1 aliphatic rings. The fourth-order valence-corrected chi connectivity index (χ4v) is 3.82. The third-order valence-corrected chi connectivity index (χ3v) is 5.28. The number of carbonyl (C=O) groups is 1. The van der Waals surface area contributed by atoms with Crippen LogP contribution in [-0.4, -0.2) is 24.4 Å². The van der Waals surface area contributed by atoms with Crippen molar-refractivity contribution in [2.75, 3.05) is 17.7 Å². The Hall–Kier alpha value is -1.56. The van der Waals surface area contributed by atoms with Crippen LogP contribution in [0.1, 0.15) is 23.2 Å². The van der Waals surface area contributed by atoms with E-state index < -0.39 is 5.82 Å². The van der Waals surface area contributed by atoms with Crippen molar-refractivity contribution in [1.29, 1.82) is 0 Å². The molecular weight excluding hydrogens is 349 g/mol. The van der Waals surface area contributed by atoms with Crippen molar-refractivity contribution in [3.63, 3.8) is 0 Å². The van der Waals surface area contributed by atoms with E-state index in [1.54, 1.807) is 30.0 Å². The first-order valence-electron chi connectivity index (χ1n) is 7.74. The largest absolute Gasteiger partial charge is 0.377 e. The van der Waals surface area contributed by atoms with Gasteiger partial charge in [0.05, 0.1) is 22.4 Å². The first-order valence-corrected chi connectivity index (χ1v) is 9.10. The molecule has 0 spiro atoms. The number of amides is 1. The minimum atomic E-state index is -0.628. The van der Waals surface area contributed by atoms with Gasteiger partial charge in [0.25, 0.3) is 5.91 Å². The van der Waals surface area contributed by atoms with Crippen LogP contribution in [0, 0.1) is 5.82 Å². The van der Waals surface area contributed by atoms with Crippen LogP contribution in [0.25, 0.3) is 0 Å². The normalized spacial score (nSPS) is 17.0. The molecule has 1 amide bonds. The Bertz CT molecular complexity index is 735. The molecule has 1 N–H and O–H groups in total. The van der Waals surface area contributed by atoms with Crippen LogP contribution < -0.4 is 5.32 Å². The Labute approximate surface area is 149 Å². The lowest BCUT2D eigenvalue weighted by atomic mass is 10.2. The fraction of sp³-hybridized carbons (Fsp3) is 0.278. The highest BCUT2D eigenvalue weighted by Gasteiger charge is 2.18. The second-order valence-electron chi connectivity index (χ2n) is 5.50. The number of nitrogens with one attached hydrogen (secondary N) is 1. The smallest absolute Gasteiger partial charge is 0.256 e. The minimum absolute atomic E-state index is 0.0196. The SMILES string of the molecule is O=C(Nc1cccc(Cl)c1F)c1ccccc1SCC1CCCO1. The molecule has 1 aliphatic heterocycles. The van der Waals surface area contributed by atoms with Crippen LogP contribution in [-0.2, 0) is 4.74 Å². The molecule has 6 heteroatoms. The zero-order chi connectivity index (χ0) is 16.9. The van der Waals surface area contributed by atoms with Crippen molar-refractivity contribution in [3.05, 3.63) is 58.9 Å². The maximum atomic E-state index is 14.0. The summed E-state index contributed by atoms with van der Waals surface area (Å²) in [6.45, 7) is 0.807. The van der Waals surface area contributed by atoms with Gasteiger partial charge in [0.2, 0.25) is 0 Å². The maximum absolute atomic E-state index is 14.0. The van der Waals surface area contributed by atoms with E-state index in [4.69, 9.17) is 16.3 Å². The van der Waals surface area contributed by atoms with Crippen molar-refractivity contribution < 1.29 is 13.9 Å². The van der Waals surface area contributed by atoms with Crippen molar-refractivity contribution in [2.45, 2.75) is 23.8 Å². The van der Waals surface area contributed by atoms with Gasteiger partial charge in [0.1, 0.15) is 0 Å². The molecule has 3 rings (SSSR count). The predicted molar refractivity (Wildman–Crippen MR) is 95.5 cm³/mol. The van der Waals surface area contributed by atoms with Crippen molar-refractivity contribution >= 4 is 35.0 Å². The second-order valence-corrected chi connectivity index (χ2v) is 6.97. The van der Waals surface area contributed by atoms with E-state index in [0.717, 1.165) is 30.1 Å². The fourth-order valence-electron chi connectivity index (χ4n) is 2.53. The van der Waals surface area contributed by atoms with Crippen LogP contribution in [0.4, 0.5) is 10.1 Å². The number of carbonyl (C=O) groups excluding carboxylic acids is 1. The van der Waals surface area contributed by atoms with Gasteiger partial charge in [-0.1, -0.05) is 29.8 Å². The molecule has 1 heterocycles. The van der Waals surface area contributed by atoms with E-state index in [9.17, 15) is 9.18 Å². The van der Waals surface area contributed by atoms with Crippen molar-refractivity contribution in [1.82, 2.24) is 0 Å². The van der Waals surface area contributed by atoms with Crippen molar-refractivity contribution in [2.24, 2.45) is 0 Å². The summed E-state index contributed by atoms with van der Waals surface area (Å²) in [7, 11) is 0. The quantitative estimate of drug-likeness (QED) is 0.757. The lowest BCUT2D eigenvalue weighted by molar-refractivity contribution is 0.102. The van der Waals surface area contributed by atoms with Crippen LogP contribution in [0.5, 0.6) is 0 Å². The highest BCUT2D eigenvalue weighted by Crippen LogP contribution is 2.28. The molecule has 2 aromatic carbocycles. The summed E-state index contributed by atoms with van der Waals surface area (Å²) >= 11 is 7.34. The zero-order valence-electron chi connectivity index (χ0n) is 12.9. The van der Waals surface area contributed by atoms with Gasteiger partial charge in [-0.2, -0.15) is 0 Å². The van der Waals surface area contributed by atoms with E-state index in [0.29, 0.717) is 5.56 Å². The van der Waals surface area contributed by atoms with E-state index >= 15 is 0 Å². The third kappa shape index (κ3) is 4.09. The number of thioether (sulfide) groups is 1. The molecular formula is C18H17ClFNO2S. The van der Waals surface area contributed by atoms with Gasteiger partial charge in [0.15, 0.2) is 5.82 Å². The number of anilines is 1. The average molecular weight is 366 g/mol. The number of hydrogen-bond donors (Lipinski definition) is 1. The molecule has 0 aliphatic carbocycles. The molecule has 3 nitrogen and oxygen atoms in total. The van der Waals surface area contributed by atoms with Crippen LogP contribution in [0.15, 0.2) is 47.4 Å². The zero-order valence-corrected chi connectivity index (χ0v) is 14.5. The molecule has 0 bridgehead atoms. The van der Waals surface area contributed by atoms with Crippen LogP contribution in [0.2, 0.25) is 5.02 Å². The number of benzene rings is 2. The van der Waals surface area contributed by atoms with E-state index in [-0.39, 0.29) is 22.7 Å². The molecule has 0 aromatic heterocycles. The Morgan fingerprint density at radius 3 is 2.92 bits per heavy atom. The Morgan fingerprint density at radius 1 is 1.29 bits per heavy atom. The summed E-state index contributed by atoms with van der Waals surface area (Å²) < 4.78 is 19.6. The Balaban J connectivity index is 1.73. The lowest BCUT2D eigenvalue weighted by Gasteiger charge is -2.13. The molecule has 0 saturated carbocycles. The summed E-state index contributed by atoms with van der Waals surface area (Å²) in [6, 6.07) is 11.8. The molecule has 126 valence electrons. The summed E-state index contributed by atoms with van der Waals surface area (Å²) in [5.41, 5.74) is 0.589. The topological polar surface area (TPSA) is 38.3 Å². The third-order valence-electron chi connectivity index (χ3n) is 3.78. The van der Waals surface area contributed by atoms with Gasteiger partial charge in [-0.15, -0.1) is 11.8 Å². The Morgan fingerprint density at radius 2 is 2.12 bits per heavy atom. The standard InChI is InChI=1S/C18H17ClFNO2S/c19-14-7-3-8-15(17(14)20)21-18(22)13-6-1-2-9-16(13)24-11-12-5-4-10-23-12/h1-3,6-9,12H,4-5,10-11H2,(H,21,22). The number of halogens is 2. The van der Waals surface area contributed by atoms with Crippen LogP contribution >= 0.6 is 23.4 Å². The van der Waals surface area contributed by atoms with Gasteiger partial charge >= 0.3 is 0 Å². The highest BCUT2D eigenvalue weighted by atomic mass is 35.5. The van der Waals surface area contributed by atoms with Gasteiger partial charge in [-0.05, 0) is 37.1 Å². The summed E-state index contributed by atoms with van der Waals surface area (Å²) in [6.07, 6.45) is 2.37. The second kappa shape index (κ2) is 8.01. The molecule has 1 atom stereocenters. The lowest BCUT2D eigenvalue weighted by Crippen LogP contribution is -2.15. The van der Waals surface area contributed by atoms with Gasteiger partial charge < -0.3 is 10.1 Å². The average Bonchev–Trinajstić information content (AvgIpc) is 3.11. The Kier molecular flexibility index (Phi) is 5.76. The molecule has 1 saturated heterocycles. The summed E-state index contributed by atoms with van der Waals surface area (Å²) in [5.74, 6) is -0.181. The molecule has 2 aromatic rings. The predicted octanol–water partition coefficient (Wildman–Crippen LogP) is 5.00. The molecule has 24 heavy (non-hydrogen) atoms. The van der Waals surface area contributed by atoms with E-state index in [1.807, 2.05) is 12.1 Å². The first-order chi connectivity index (χ1) is 11.6. The molecule has 0 radical (unpaired) electrons. The van der Waals surface area contributed by atoms with E-state index in [2.05, 4.69) is 5.32 Å². The highest BCUT2D eigenvalue weighted by molar-refractivity contribution is 7.99. The van der Waals surface area contributed by atoms with E-state index in [1.165, 1.54) is 12.1 Å². The monoisotopic (exact) mass is 365 g/mol. The number of rotatable bonds is 5. The number of hydrogen-bond acceptors (Lipinski definition) is 3. The molecule has 1 unspecified atom stereocenters. The summed E-state index contributed by atoms with van der Waals surface area (Å²) in [4.78, 5) is 13.4. The van der Waals surface area contributed by atoms with Gasteiger partial charge in [-0.3, -0.25) is 4.79 Å². The number of ether oxygens (including phenoxy) is 1. The van der Waals surface area contributed by atoms with Crippen LogP contribution in [0.3, 0.4) is 0 Å². The minimum Gasteiger partial charge on any atom is -0.377 e. The summed E-state index contributed by atoms with van der Waals surface area (Å²) in [5, 5.41) is 2.57. The molecule has 1 fully saturated rings. The van der Waals surface area contributed by atoms with Gasteiger partial charge in [0, 0.05) is 17.3 Å². The van der Waals surface area contributed by atoms with Gasteiger partial charge in [-0.25, -0.2) is 4.39 Å². The first kappa shape index (κ1) is 17.3. The van der Waals surface area contributed by atoms with Crippen molar-refractivity contribution in [3.8, 4) is 0 Å². The maximum Gasteiger partial charge on any atom is 0.256 e.